The van der Waals surface area contributed by atoms with Crippen LogP contribution in [0.25, 0.3) is 10.9 Å². The smallest absolute Gasteiger partial charge is 0.290 e. The Bertz CT molecular complexity index is 888. The van der Waals surface area contributed by atoms with Gasteiger partial charge in [-0.15, -0.1) is 0 Å². The maximum Gasteiger partial charge on any atom is 0.290 e. The first-order valence-corrected chi connectivity index (χ1v) is 9.74. The molecule has 1 amide bonds. The van der Waals surface area contributed by atoms with Crippen LogP contribution in [-0.4, -0.2) is 58.3 Å². The van der Waals surface area contributed by atoms with Gasteiger partial charge in [0.2, 0.25) is 0 Å². The SMILES string of the molecule is CCCC#Cc1ccc2c(C(=O)N[C@H]3CN4CCC3CC4)n[nH]c2c1.O=CO. The van der Waals surface area contributed by atoms with Crippen LogP contribution in [0, 0.1) is 17.8 Å². The second-order valence-electron chi connectivity index (χ2n) is 7.21. The van der Waals surface area contributed by atoms with Gasteiger partial charge in [0, 0.05) is 30.0 Å². The third kappa shape index (κ3) is 4.52. The molecule has 1 aromatic heterocycles. The van der Waals surface area contributed by atoms with Gasteiger partial charge >= 0.3 is 0 Å². The average molecular weight is 382 g/mol. The Morgan fingerprint density at radius 3 is 2.82 bits per heavy atom. The number of aromatic amines is 1. The van der Waals surface area contributed by atoms with E-state index in [2.05, 4.69) is 39.2 Å². The molecule has 0 spiro atoms. The summed E-state index contributed by atoms with van der Waals surface area (Å²) < 4.78 is 0. The molecule has 0 unspecified atom stereocenters. The molecule has 148 valence electrons. The summed E-state index contributed by atoms with van der Waals surface area (Å²) in [4.78, 5) is 23.5. The summed E-state index contributed by atoms with van der Waals surface area (Å²) in [5.41, 5.74) is 2.30. The molecule has 3 saturated heterocycles. The third-order valence-corrected chi connectivity index (χ3v) is 5.36. The number of aromatic nitrogens is 2. The van der Waals surface area contributed by atoms with E-state index >= 15 is 0 Å². The van der Waals surface area contributed by atoms with E-state index in [1.165, 1.54) is 25.9 Å². The van der Waals surface area contributed by atoms with Gasteiger partial charge in [0.1, 0.15) is 0 Å². The van der Waals surface area contributed by atoms with Crippen LogP contribution in [0.2, 0.25) is 0 Å². The zero-order valence-electron chi connectivity index (χ0n) is 16.1. The number of fused-ring (bicyclic) bond motifs is 4. The van der Waals surface area contributed by atoms with E-state index in [4.69, 9.17) is 9.90 Å². The summed E-state index contributed by atoms with van der Waals surface area (Å²) in [5, 5.41) is 18.2. The molecule has 3 N–H and O–H groups in total. The van der Waals surface area contributed by atoms with Crippen LogP contribution in [-0.2, 0) is 4.79 Å². The standard InChI is InChI=1S/C20H24N4O.CH2O2/c1-2-3-4-5-14-6-7-16-17(12-14)22-23-19(16)20(25)21-18-13-24-10-8-15(18)9-11-24;2-1-3/h6-7,12,15,18H,2-3,8-11,13H2,1H3,(H,21,25)(H,22,23);1H,(H,2,3)/t18-;/m0./s1. The fourth-order valence-electron chi connectivity index (χ4n) is 3.93. The number of hydrogen-bond donors (Lipinski definition) is 3. The Hall–Kier alpha value is -2.85. The van der Waals surface area contributed by atoms with Gasteiger partial charge in [0.25, 0.3) is 12.4 Å². The van der Waals surface area contributed by atoms with E-state index < -0.39 is 0 Å². The molecule has 4 heterocycles. The number of nitrogens with zero attached hydrogens (tertiary/aromatic N) is 2. The molecule has 7 nitrogen and oxygen atoms in total. The molecule has 3 aliphatic heterocycles. The monoisotopic (exact) mass is 382 g/mol. The number of amides is 1. The molecule has 1 atom stereocenters. The molecule has 3 aliphatic rings. The normalized spacial score (nSPS) is 22.5. The Kier molecular flexibility index (Phi) is 6.66. The lowest BCUT2D eigenvalue weighted by Gasteiger charge is -2.44. The summed E-state index contributed by atoms with van der Waals surface area (Å²) >= 11 is 0. The van der Waals surface area contributed by atoms with Crippen molar-refractivity contribution in [2.24, 2.45) is 5.92 Å². The van der Waals surface area contributed by atoms with Crippen LogP contribution >= 0.6 is 0 Å². The van der Waals surface area contributed by atoms with Gasteiger partial charge in [-0.2, -0.15) is 5.10 Å². The van der Waals surface area contributed by atoms with Crippen molar-refractivity contribution >= 4 is 23.3 Å². The molecule has 0 saturated carbocycles. The highest BCUT2D eigenvalue weighted by molar-refractivity contribution is 6.05. The molecular formula is C21H26N4O3. The van der Waals surface area contributed by atoms with E-state index in [0.717, 1.165) is 35.9 Å². The highest BCUT2D eigenvalue weighted by Crippen LogP contribution is 2.28. The Morgan fingerprint density at radius 1 is 1.43 bits per heavy atom. The van der Waals surface area contributed by atoms with Crippen LogP contribution in [0.15, 0.2) is 18.2 Å². The van der Waals surface area contributed by atoms with Crippen molar-refractivity contribution < 1.29 is 14.7 Å². The molecule has 3 fully saturated rings. The van der Waals surface area contributed by atoms with Gasteiger partial charge in [0.05, 0.1) is 5.52 Å². The molecule has 28 heavy (non-hydrogen) atoms. The average Bonchev–Trinajstić information content (AvgIpc) is 3.13. The van der Waals surface area contributed by atoms with Crippen molar-refractivity contribution in [3.8, 4) is 11.8 Å². The number of H-pyrrole nitrogens is 1. The van der Waals surface area contributed by atoms with E-state index in [1.807, 2.05) is 18.2 Å². The minimum absolute atomic E-state index is 0.0742. The lowest BCUT2D eigenvalue weighted by atomic mass is 9.84. The maximum absolute atomic E-state index is 12.7. The molecule has 2 bridgehead atoms. The fourth-order valence-corrected chi connectivity index (χ4v) is 3.93. The first kappa shape index (κ1) is 19.9. The largest absolute Gasteiger partial charge is 0.483 e. The van der Waals surface area contributed by atoms with Gasteiger partial charge in [-0.3, -0.25) is 14.7 Å². The Balaban J connectivity index is 0.000000706. The first-order chi connectivity index (χ1) is 13.7. The van der Waals surface area contributed by atoms with Gasteiger partial charge in [0.15, 0.2) is 5.69 Å². The topological polar surface area (TPSA) is 98.3 Å². The van der Waals surface area contributed by atoms with Crippen molar-refractivity contribution in [1.29, 1.82) is 0 Å². The van der Waals surface area contributed by atoms with Crippen LogP contribution < -0.4 is 5.32 Å². The second-order valence-corrected chi connectivity index (χ2v) is 7.21. The molecule has 5 rings (SSSR count). The molecule has 7 heteroatoms. The van der Waals surface area contributed by atoms with E-state index in [0.29, 0.717) is 11.6 Å². The number of piperidine rings is 3. The van der Waals surface area contributed by atoms with E-state index in [-0.39, 0.29) is 18.4 Å². The number of hydrogen-bond acceptors (Lipinski definition) is 4. The van der Waals surface area contributed by atoms with Gasteiger partial charge < -0.3 is 15.3 Å². The van der Waals surface area contributed by atoms with Crippen molar-refractivity contribution in [3.05, 3.63) is 29.5 Å². The minimum atomic E-state index is -0.250. The zero-order valence-corrected chi connectivity index (χ0v) is 16.1. The molecule has 2 aromatic rings. The lowest BCUT2D eigenvalue weighted by Crippen LogP contribution is -2.57. The maximum atomic E-state index is 12.7. The quantitative estimate of drug-likeness (QED) is 0.559. The van der Waals surface area contributed by atoms with Crippen molar-refractivity contribution in [3.63, 3.8) is 0 Å². The molecule has 0 aliphatic carbocycles. The summed E-state index contributed by atoms with van der Waals surface area (Å²) in [6, 6.07) is 6.13. The molecule has 0 radical (unpaired) electrons. The number of nitrogens with one attached hydrogen (secondary N) is 2. The fraction of sp³-hybridized carbons (Fsp3) is 0.476. The van der Waals surface area contributed by atoms with Gasteiger partial charge in [-0.05, 0) is 56.5 Å². The summed E-state index contributed by atoms with van der Waals surface area (Å²) in [7, 11) is 0. The van der Waals surface area contributed by atoms with Crippen molar-refractivity contribution in [2.45, 2.75) is 38.6 Å². The third-order valence-electron chi connectivity index (χ3n) is 5.36. The number of unbranched alkanes of at least 4 members (excludes halogenated alkanes) is 1. The summed E-state index contributed by atoms with van der Waals surface area (Å²) in [5.74, 6) is 6.84. The number of carbonyl (C=O) groups excluding carboxylic acids is 1. The summed E-state index contributed by atoms with van der Waals surface area (Å²) in [6.45, 7) is 5.18. The van der Waals surface area contributed by atoms with Crippen LogP contribution in [0.1, 0.15) is 48.7 Å². The Morgan fingerprint density at radius 2 is 2.18 bits per heavy atom. The lowest BCUT2D eigenvalue weighted by molar-refractivity contribution is -0.122. The minimum Gasteiger partial charge on any atom is -0.483 e. The second kappa shape index (κ2) is 9.38. The van der Waals surface area contributed by atoms with Crippen molar-refractivity contribution in [2.75, 3.05) is 19.6 Å². The number of rotatable bonds is 3. The summed E-state index contributed by atoms with van der Waals surface area (Å²) in [6.07, 6.45) is 4.33. The predicted octanol–water partition coefficient (Wildman–Crippen LogP) is 2.24. The highest BCUT2D eigenvalue weighted by Gasteiger charge is 2.35. The molecule has 1 aromatic carbocycles. The van der Waals surface area contributed by atoms with Gasteiger partial charge in [-0.1, -0.05) is 18.8 Å². The number of carboxylic acid groups (broad SMARTS) is 1. The first-order valence-electron chi connectivity index (χ1n) is 9.74. The number of benzene rings is 1. The number of carbonyl (C=O) groups is 2. The van der Waals surface area contributed by atoms with Crippen LogP contribution in [0.5, 0.6) is 0 Å². The highest BCUT2D eigenvalue weighted by atomic mass is 16.3. The Labute approximate surface area is 164 Å². The van der Waals surface area contributed by atoms with E-state index in [9.17, 15) is 4.79 Å². The zero-order chi connectivity index (χ0) is 19.9. The van der Waals surface area contributed by atoms with Crippen LogP contribution in [0.4, 0.5) is 0 Å². The molecular weight excluding hydrogens is 356 g/mol. The van der Waals surface area contributed by atoms with Gasteiger partial charge in [-0.25, -0.2) is 0 Å². The van der Waals surface area contributed by atoms with Crippen molar-refractivity contribution in [1.82, 2.24) is 20.4 Å². The van der Waals surface area contributed by atoms with Crippen LogP contribution in [0.3, 0.4) is 0 Å². The predicted molar refractivity (Wildman–Crippen MR) is 107 cm³/mol. The van der Waals surface area contributed by atoms with E-state index in [1.54, 1.807) is 0 Å².